The van der Waals surface area contributed by atoms with E-state index in [4.69, 9.17) is 11.6 Å². The third-order valence-corrected chi connectivity index (χ3v) is 2.72. The van der Waals surface area contributed by atoms with Crippen molar-refractivity contribution in [3.8, 4) is 0 Å². The van der Waals surface area contributed by atoms with E-state index in [1.54, 1.807) is 0 Å². The fraction of sp³-hybridized carbons (Fsp3) is 0.500. The Labute approximate surface area is 86.1 Å². The quantitative estimate of drug-likeness (QED) is 0.596. The molecule has 0 fully saturated rings. The normalized spacial score (nSPS) is 22.8. The molecule has 0 spiro atoms. The zero-order valence-corrected chi connectivity index (χ0v) is 8.61. The van der Waals surface area contributed by atoms with E-state index in [1.807, 2.05) is 6.20 Å². The van der Waals surface area contributed by atoms with Crippen LogP contribution in [0, 0.1) is 0 Å². The van der Waals surface area contributed by atoms with Gasteiger partial charge in [-0.2, -0.15) is 8.75 Å². The van der Waals surface area contributed by atoms with Crippen molar-refractivity contribution in [1.82, 2.24) is 14.1 Å². The van der Waals surface area contributed by atoms with Crippen molar-refractivity contribution >= 4 is 23.3 Å². The van der Waals surface area contributed by atoms with Crippen LogP contribution in [0.5, 0.6) is 0 Å². The van der Waals surface area contributed by atoms with Gasteiger partial charge in [-0.05, 0) is 0 Å². The van der Waals surface area contributed by atoms with Gasteiger partial charge in [-0.1, -0.05) is 11.6 Å². The van der Waals surface area contributed by atoms with Gasteiger partial charge in [0.25, 0.3) is 0 Å². The molecule has 1 aliphatic heterocycles. The maximum atomic E-state index is 5.98. The Hall–Kier alpha value is -0.450. The minimum Gasteiger partial charge on any atom is -0.311 e. The van der Waals surface area contributed by atoms with Crippen LogP contribution >= 0.6 is 23.3 Å². The van der Waals surface area contributed by atoms with E-state index in [-0.39, 0.29) is 5.38 Å². The van der Waals surface area contributed by atoms with E-state index < -0.39 is 0 Å². The smallest absolute Gasteiger partial charge is 0.0783 e. The van der Waals surface area contributed by atoms with Gasteiger partial charge in [0.15, 0.2) is 0 Å². The first-order valence-corrected chi connectivity index (χ1v) is 5.32. The van der Waals surface area contributed by atoms with E-state index in [9.17, 15) is 0 Å². The monoisotopic (exact) mass is 215 g/mol. The third kappa shape index (κ3) is 2.49. The molecule has 1 atom stereocenters. The van der Waals surface area contributed by atoms with Gasteiger partial charge in [0, 0.05) is 19.5 Å². The van der Waals surface area contributed by atoms with Gasteiger partial charge in [-0.15, -0.1) is 11.6 Å². The van der Waals surface area contributed by atoms with Crippen LogP contribution in [0.25, 0.3) is 0 Å². The summed E-state index contributed by atoms with van der Waals surface area (Å²) in [4.78, 5) is 0. The second kappa shape index (κ2) is 4.17. The first-order chi connectivity index (χ1) is 6.34. The Morgan fingerprint density at radius 1 is 1.69 bits per heavy atom. The molecule has 0 aliphatic carbocycles. The molecule has 0 aromatic carbocycles. The number of nitrogens with zero attached hydrogens (tertiary/aromatic N) is 2. The zero-order chi connectivity index (χ0) is 9.10. The molecule has 2 heterocycles. The van der Waals surface area contributed by atoms with Crippen LogP contribution < -0.4 is 5.32 Å². The molecule has 1 aromatic heterocycles. The molecule has 0 bridgehead atoms. The number of halogens is 1. The van der Waals surface area contributed by atoms with Crippen molar-refractivity contribution in [1.29, 1.82) is 0 Å². The van der Waals surface area contributed by atoms with Crippen molar-refractivity contribution in [2.45, 2.75) is 11.8 Å². The minimum atomic E-state index is 0.121. The SMILES string of the molecule is ClC1C=C(Cc2cnsn2)CNC1. The molecular weight excluding hydrogens is 206 g/mol. The Bertz CT molecular complexity index is 296. The lowest BCUT2D eigenvalue weighted by Crippen LogP contribution is -2.30. The first kappa shape index (κ1) is 9.12. The van der Waals surface area contributed by atoms with Gasteiger partial charge >= 0.3 is 0 Å². The van der Waals surface area contributed by atoms with Crippen LogP contribution in [-0.4, -0.2) is 27.2 Å². The Morgan fingerprint density at radius 2 is 2.62 bits per heavy atom. The first-order valence-electron chi connectivity index (χ1n) is 4.15. The summed E-state index contributed by atoms with van der Waals surface area (Å²) in [6.07, 6.45) is 4.79. The summed E-state index contributed by atoms with van der Waals surface area (Å²) in [5, 5.41) is 3.37. The van der Waals surface area contributed by atoms with Crippen molar-refractivity contribution in [3.05, 3.63) is 23.5 Å². The van der Waals surface area contributed by atoms with Gasteiger partial charge in [-0.3, -0.25) is 0 Å². The van der Waals surface area contributed by atoms with Crippen LogP contribution in [0.4, 0.5) is 0 Å². The number of hydrogen-bond donors (Lipinski definition) is 1. The fourth-order valence-corrected chi connectivity index (χ4v) is 2.08. The van der Waals surface area contributed by atoms with Gasteiger partial charge < -0.3 is 5.32 Å². The van der Waals surface area contributed by atoms with E-state index in [0.29, 0.717) is 0 Å². The number of hydrogen-bond acceptors (Lipinski definition) is 4. The average Bonchev–Trinajstić information content (AvgIpc) is 2.57. The topological polar surface area (TPSA) is 37.8 Å². The molecule has 0 amide bonds. The fourth-order valence-electron chi connectivity index (χ4n) is 1.36. The molecule has 2 rings (SSSR count). The molecular formula is C8H10ClN3S. The number of rotatable bonds is 2. The Morgan fingerprint density at radius 3 is 3.31 bits per heavy atom. The molecule has 1 unspecified atom stereocenters. The summed E-state index contributed by atoms with van der Waals surface area (Å²) in [5.74, 6) is 0. The Kier molecular flexibility index (Phi) is 2.93. The predicted octanol–water partition coefficient (Wildman–Crippen LogP) is 1.22. The summed E-state index contributed by atoms with van der Waals surface area (Å²) in [6.45, 7) is 1.78. The highest BCUT2D eigenvalue weighted by atomic mass is 35.5. The highest BCUT2D eigenvalue weighted by Gasteiger charge is 2.11. The van der Waals surface area contributed by atoms with Crippen molar-refractivity contribution in [2.75, 3.05) is 13.1 Å². The van der Waals surface area contributed by atoms with Crippen LogP contribution in [0.15, 0.2) is 17.8 Å². The van der Waals surface area contributed by atoms with E-state index in [2.05, 4.69) is 20.1 Å². The maximum absolute atomic E-state index is 5.98. The zero-order valence-electron chi connectivity index (χ0n) is 7.03. The lowest BCUT2D eigenvalue weighted by atomic mass is 10.1. The number of alkyl halides is 1. The van der Waals surface area contributed by atoms with Gasteiger partial charge in [0.2, 0.25) is 0 Å². The predicted molar refractivity (Wildman–Crippen MR) is 54.2 cm³/mol. The molecule has 1 N–H and O–H groups in total. The minimum absolute atomic E-state index is 0.121. The molecule has 70 valence electrons. The van der Waals surface area contributed by atoms with Crippen LogP contribution in [0.2, 0.25) is 0 Å². The van der Waals surface area contributed by atoms with Gasteiger partial charge in [0.05, 0.1) is 29.0 Å². The van der Waals surface area contributed by atoms with E-state index >= 15 is 0 Å². The molecule has 13 heavy (non-hydrogen) atoms. The molecule has 0 saturated heterocycles. The van der Waals surface area contributed by atoms with Crippen molar-refractivity contribution < 1.29 is 0 Å². The molecule has 0 saturated carbocycles. The number of aromatic nitrogens is 2. The molecule has 5 heteroatoms. The summed E-state index contributed by atoms with van der Waals surface area (Å²) in [5.41, 5.74) is 2.34. The van der Waals surface area contributed by atoms with Gasteiger partial charge in [0.1, 0.15) is 0 Å². The highest BCUT2D eigenvalue weighted by molar-refractivity contribution is 6.99. The summed E-state index contributed by atoms with van der Waals surface area (Å²) in [6, 6.07) is 0. The molecule has 1 aliphatic rings. The maximum Gasteiger partial charge on any atom is 0.0783 e. The van der Waals surface area contributed by atoms with Crippen LogP contribution in [0.1, 0.15) is 5.69 Å². The van der Waals surface area contributed by atoms with Gasteiger partial charge in [-0.25, -0.2) is 0 Å². The van der Waals surface area contributed by atoms with Crippen LogP contribution in [-0.2, 0) is 6.42 Å². The largest absolute Gasteiger partial charge is 0.311 e. The van der Waals surface area contributed by atoms with Crippen LogP contribution in [0.3, 0.4) is 0 Å². The van der Waals surface area contributed by atoms with E-state index in [0.717, 1.165) is 25.2 Å². The second-order valence-corrected chi connectivity index (χ2v) is 4.16. The second-order valence-electron chi connectivity index (χ2n) is 3.05. The summed E-state index contributed by atoms with van der Waals surface area (Å²) < 4.78 is 8.11. The lowest BCUT2D eigenvalue weighted by molar-refractivity contribution is 0.693. The molecule has 1 aromatic rings. The standard InChI is InChI=1S/C8H10ClN3S/c9-7-1-6(3-10-4-7)2-8-5-11-13-12-8/h1,5,7,10H,2-4H2. The average molecular weight is 216 g/mol. The Balaban J connectivity index is 2.02. The third-order valence-electron chi connectivity index (χ3n) is 1.92. The molecule has 3 nitrogen and oxygen atoms in total. The van der Waals surface area contributed by atoms with E-state index in [1.165, 1.54) is 17.3 Å². The molecule has 0 radical (unpaired) electrons. The van der Waals surface area contributed by atoms with Crippen molar-refractivity contribution in [2.24, 2.45) is 0 Å². The highest BCUT2D eigenvalue weighted by Crippen LogP contribution is 2.11. The number of nitrogens with one attached hydrogen (secondary N) is 1. The summed E-state index contributed by atoms with van der Waals surface area (Å²) >= 11 is 7.23. The lowest BCUT2D eigenvalue weighted by Gasteiger charge is -2.16. The summed E-state index contributed by atoms with van der Waals surface area (Å²) in [7, 11) is 0. The van der Waals surface area contributed by atoms with Crippen molar-refractivity contribution in [3.63, 3.8) is 0 Å².